The third-order valence-electron chi connectivity index (χ3n) is 2.36. The van der Waals surface area contributed by atoms with Gasteiger partial charge in [-0.05, 0) is 18.2 Å². The van der Waals surface area contributed by atoms with Gasteiger partial charge in [0, 0.05) is 18.2 Å². The van der Waals surface area contributed by atoms with E-state index in [2.05, 4.69) is 15.5 Å². The van der Waals surface area contributed by atoms with Gasteiger partial charge in [0.15, 0.2) is 5.69 Å². The maximum absolute atomic E-state index is 13.3. The molecule has 1 heterocycles. The monoisotopic (exact) mass is 265 g/mol. The van der Waals surface area contributed by atoms with Gasteiger partial charge in [-0.3, -0.25) is 0 Å². The fourth-order valence-electron chi connectivity index (χ4n) is 1.39. The Hall–Kier alpha value is -2.57. The molecule has 0 saturated heterocycles. The van der Waals surface area contributed by atoms with Gasteiger partial charge in [0.25, 0.3) is 0 Å². The molecule has 0 saturated carbocycles. The molecule has 2 aromatic rings. The zero-order chi connectivity index (χ0) is 13.8. The van der Waals surface area contributed by atoms with Gasteiger partial charge < -0.3 is 10.4 Å². The van der Waals surface area contributed by atoms with Crippen LogP contribution < -0.4 is 5.32 Å². The average molecular weight is 265 g/mol. The number of nitrogens with zero attached hydrogens (tertiary/aromatic N) is 2. The fourth-order valence-corrected chi connectivity index (χ4v) is 1.39. The van der Waals surface area contributed by atoms with E-state index in [9.17, 15) is 13.6 Å². The number of aromatic nitrogens is 2. The number of hydrogen-bond donors (Lipinski definition) is 2. The van der Waals surface area contributed by atoms with Gasteiger partial charge in [0.1, 0.15) is 17.5 Å². The number of carboxylic acids is 1. The SMILES string of the molecule is O=C(O)c1ccc(NCc2ccc(F)cc2F)nn1. The lowest BCUT2D eigenvalue weighted by Crippen LogP contribution is -2.07. The highest BCUT2D eigenvalue weighted by Crippen LogP contribution is 2.11. The molecule has 2 N–H and O–H groups in total. The average Bonchev–Trinajstić information content (AvgIpc) is 2.38. The highest BCUT2D eigenvalue weighted by molar-refractivity contribution is 5.85. The van der Waals surface area contributed by atoms with Crippen LogP contribution in [0.25, 0.3) is 0 Å². The van der Waals surface area contributed by atoms with Crippen LogP contribution >= 0.6 is 0 Å². The highest BCUT2D eigenvalue weighted by atomic mass is 19.1. The molecule has 19 heavy (non-hydrogen) atoms. The largest absolute Gasteiger partial charge is 0.476 e. The first kappa shape index (κ1) is 12.9. The number of benzene rings is 1. The van der Waals surface area contributed by atoms with Crippen LogP contribution in [0.2, 0.25) is 0 Å². The lowest BCUT2D eigenvalue weighted by Gasteiger charge is -2.06. The van der Waals surface area contributed by atoms with Crippen molar-refractivity contribution in [3.8, 4) is 0 Å². The van der Waals surface area contributed by atoms with E-state index in [1.807, 2.05) is 0 Å². The Balaban J connectivity index is 2.04. The van der Waals surface area contributed by atoms with Crippen molar-refractivity contribution in [2.75, 3.05) is 5.32 Å². The smallest absolute Gasteiger partial charge is 0.356 e. The fraction of sp³-hybridized carbons (Fsp3) is 0.0833. The number of rotatable bonds is 4. The van der Waals surface area contributed by atoms with Crippen LogP contribution in [0.15, 0.2) is 30.3 Å². The predicted molar refractivity (Wildman–Crippen MR) is 62.7 cm³/mol. The Morgan fingerprint density at radius 1 is 1.21 bits per heavy atom. The summed E-state index contributed by atoms with van der Waals surface area (Å²) >= 11 is 0. The molecule has 0 amide bonds. The lowest BCUT2D eigenvalue weighted by atomic mass is 10.2. The first-order chi connectivity index (χ1) is 9.06. The van der Waals surface area contributed by atoms with Gasteiger partial charge in [-0.25, -0.2) is 13.6 Å². The van der Waals surface area contributed by atoms with Crippen molar-refractivity contribution in [1.82, 2.24) is 10.2 Å². The van der Waals surface area contributed by atoms with Crippen molar-refractivity contribution < 1.29 is 18.7 Å². The number of halogens is 2. The van der Waals surface area contributed by atoms with E-state index in [4.69, 9.17) is 5.11 Å². The summed E-state index contributed by atoms with van der Waals surface area (Å²) in [4.78, 5) is 10.6. The molecule has 0 aliphatic heterocycles. The topological polar surface area (TPSA) is 75.1 Å². The Kier molecular flexibility index (Phi) is 3.65. The summed E-state index contributed by atoms with van der Waals surface area (Å²) in [6, 6.07) is 5.95. The van der Waals surface area contributed by atoms with Gasteiger partial charge in [0.05, 0.1) is 0 Å². The van der Waals surface area contributed by atoms with Crippen molar-refractivity contribution in [1.29, 1.82) is 0 Å². The molecule has 98 valence electrons. The maximum Gasteiger partial charge on any atom is 0.356 e. The Labute approximate surface area is 106 Å². The second kappa shape index (κ2) is 5.38. The van der Waals surface area contributed by atoms with E-state index in [0.717, 1.165) is 12.1 Å². The minimum atomic E-state index is -1.18. The molecule has 0 aliphatic rings. The van der Waals surface area contributed by atoms with Crippen LogP contribution in [0, 0.1) is 11.6 Å². The van der Waals surface area contributed by atoms with Crippen molar-refractivity contribution in [3.63, 3.8) is 0 Å². The summed E-state index contributed by atoms with van der Waals surface area (Å²) < 4.78 is 26.0. The molecule has 1 aromatic carbocycles. The first-order valence-corrected chi connectivity index (χ1v) is 5.31. The maximum atomic E-state index is 13.3. The molecule has 5 nitrogen and oxygen atoms in total. The van der Waals surface area contributed by atoms with Gasteiger partial charge in [-0.2, -0.15) is 0 Å². The van der Waals surface area contributed by atoms with E-state index in [-0.39, 0.29) is 17.8 Å². The summed E-state index contributed by atoms with van der Waals surface area (Å²) in [6.07, 6.45) is 0. The summed E-state index contributed by atoms with van der Waals surface area (Å²) in [5, 5.41) is 18.5. The number of anilines is 1. The summed E-state index contributed by atoms with van der Waals surface area (Å²) in [5.74, 6) is -2.19. The van der Waals surface area contributed by atoms with Gasteiger partial charge in [-0.15, -0.1) is 10.2 Å². The third kappa shape index (κ3) is 3.21. The molecule has 0 fully saturated rings. The van der Waals surface area contributed by atoms with Crippen LogP contribution in [0.1, 0.15) is 16.1 Å². The number of carbonyl (C=O) groups is 1. The third-order valence-corrected chi connectivity index (χ3v) is 2.36. The van der Waals surface area contributed by atoms with E-state index in [0.29, 0.717) is 5.82 Å². The van der Waals surface area contributed by atoms with Crippen molar-refractivity contribution >= 4 is 11.8 Å². The van der Waals surface area contributed by atoms with E-state index < -0.39 is 17.6 Å². The predicted octanol–water partition coefficient (Wildman–Crippen LogP) is 2.07. The molecule has 0 atom stereocenters. The van der Waals surface area contributed by atoms with Crippen LogP contribution in [0.3, 0.4) is 0 Å². The van der Waals surface area contributed by atoms with Crippen LogP contribution in [-0.4, -0.2) is 21.3 Å². The zero-order valence-electron chi connectivity index (χ0n) is 9.60. The van der Waals surface area contributed by atoms with Crippen molar-refractivity contribution in [3.05, 3.63) is 53.2 Å². The number of hydrogen-bond acceptors (Lipinski definition) is 4. The van der Waals surface area contributed by atoms with Crippen molar-refractivity contribution in [2.45, 2.75) is 6.54 Å². The molecule has 0 aliphatic carbocycles. The van der Waals surface area contributed by atoms with E-state index >= 15 is 0 Å². The molecular formula is C12H9F2N3O2. The molecule has 2 rings (SSSR count). The van der Waals surface area contributed by atoms with Gasteiger partial charge in [-0.1, -0.05) is 6.07 Å². The molecule has 7 heteroatoms. The number of nitrogens with one attached hydrogen (secondary N) is 1. The summed E-state index contributed by atoms with van der Waals surface area (Å²) in [6.45, 7) is 0.0905. The minimum absolute atomic E-state index is 0.0905. The van der Waals surface area contributed by atoms with Crippen LogP contribution in [-0.2, 0) is 6.54 Å². The lowest BCUT2D eigenvalue weighted by molar-refractivity contribution is 0.0689. The second-order valence-electron chi connectivity index (χ2n) is 3.70. The normalized spacial score (nSPS) is 10.2. The Morgan fingerprint density at radius 2 is 2.00 bits per heavy atom. The molecule has 0 bridgehead atoms. The second-order valence-corrected chi connectivity index (χ2v) is 3.70. The van der Waals surface area contributed by atoms with Gasteiger partial charge in [0.2, 0.25) is 0 Å². The molecule has 1 aromatic heterocycles. The molecular weight excluding hydrogens is 256 g/mol. The summed E-state index contributed by atoms with van der Waals surface area (Å²) in [5.41, 5.74) is 0.0871. The number of carboxylic acid groups (broad SMARTS) is 1. The zero-order valence-corrected chi connectivity index (χ0v) is 9.60. The Morgan fingerprint density at radius 3 is 2.58 bits per heavy atom. The minimum Gasteiger partial charge on any atom is -0.476 e. The van der Waals surface area contributed by atoms with E-state index in [1.165, 1.54) is 18.2 Å². The van der Waals surface area contributed by atoms with Crippen LogP contribution in [0.4, 0.5) is 14.6 Å². The Bertz CT molecular complexity index is 602. The van der Waals surface area contributed by atoms with Crippen LogP contribution in [0.5, 0.6) is 0 Å². The molecule has 0 unspecified atom stereocenters. The number of aromatic carboxylic acids is 1. The van der Waals surface area contributed by atoms with E-state index in [1.54, 1.807) is 0 Å². The van der Waals surface area contributed by atoms with Crippen molar-refractivity contribution in [2.24, 2.45) is 0 Å². The highest BCUT2D eigenvalue weighted by Gasteiger charge is 2.06. The summed E-state index contributed by atoms with van der Waals surface area (Å²) in [7, 11) is 0. The molecule has 0 spiro atoms. The quantitative estimate of drug-likeness (QED) is 0.885. The molecule has 0 radical (unpaired) electrons. The van der Waals surface area contributed by atoms with Gasteiger partial charge >= 0.3 is 5.97 Å². The first-order valence-electron chi connectivity index (χ1n) is 5.31. The standard InChI is InChI=1S/C12H9F2N3O2/c13-8-2-1-7(9(14)5-8)6-15-11-4-3-10(12(18)19)16-17-11/h1-5H,6H2,(H,15,17)(H,18,19).